The van der Waals surface area contributed by atoms with Crippen LogP contribution in [0.25, 0.3) is 0 Å². The first-order chi connectivity index (χ1) is 12.3. The van der Waals surface area contributed by atoms with Crippen LogP contribution in [0.15, 0.2) is 35.2 Å². The number of nitrogens with zero attached hydrogens (tertiary/aromatic N) is 3. The fourth-order valence-electron chi connectivity index (χ4n) is 3.74. The highest BCUT2D eigenvalue weighted by molar-refractivity contribution is 9.10. The Kier molecular flexibility index (Phi) is 4.13. The maximum absolute atomic E-state index is 12.8. The summed E-state index contributed by atoms with van der Waals surface area (Å²) in [4.78, 5) is 22.9. The first-order valence-corrected chi connectivity index (χ1v) is 8.88. The van der Waals surface area contributed by atoms with Crippen molar-refractivity contribution in [3.05, 3.63) is 52.0 Å². The van der Waals surface area contributed by atoms with Gasteiger partial charge in [-0.3, -0.25) is 0 Å². The second-order valence-corrected chi connectivity index (χ2v) is 7.26. The maximum atomic E-state index is 12.8. The highest BCUT2D eigenvalue weighted by Gasteiger charge is 2.43. The van der Waals surface area contributed by atoms with E-state index in [9.17, 15) is 18.0 Å². The summed E-state index contributed by atoms with van der Waals surface area (Å²) in [7, 11) is 0. The molecule has 3 heterocycles. The van der Waals surface area contributed by atoms with E-state index >= 15 is 0 Å². The SMILES string of the molecule is O=C(Nc1ccc(C(F)(F)F)c(Br)c1)N1[C@H]2CC[C@@H]1c1cncnc1C2. The molecule has 2 aliphatic heterocycles. The van der Waals surface area contributed by atoms with Crippen LogP contribution in [0.5, 0.6) is 0 Å². The van der Waals surface area contributed by atoms with Gasteiger partial charge in [0.2, 0.25) is 0 Å². The van der Waals surface area contributed by atoms with Gasteiger partial charge in [0, 0.05) is 34.4 Å². The van der Waals surface area contributed by atoms with E-state index < -0.39 is 11.7 Å². The average molecular weight is 427 g/mol. The molecule has 0 saturated carbocycles. The molecule has 0 radical (unpaired) electrons. The van der Waals surface area contributed by atoms with E-state index in [1.165, 1.54) is 18.5 Å². The predicted octanol–water partition coefficient (Wildman–Crippen LogP) is 4.55. The van der Waals surface area contributed by atoms with Crippen LogP contribution in [0.2, 0.25) is 0 Å². The molecule has 1 aromatic heterocycles. The lowest BCUT2D eigenvalue weighted by atomic mass is 10.00. The number of benzene rings is 1. The van der Waals surface area contributed by atoms with Crippen LogP contribution < -0.4 is 5.32 Å². The van der Waals surface area contributed by atoms with Crippen LogP contribution in [0.4, 0.5) is 23.7 Å². The zero-order chi connectivity index (χ0) is 18.5. The van der Waals surface area contributed by atoms with Gasteiger partial charge in [0.25, 0.3) is 0 Å². The number of fused-ring (bicyclic) bond motifs is 4. The number of hydrogen-bond acceptors (Lipinski definition) is 3. The summed E-state index contributed by atoms with van der Waals surface area (Å²) in [5.41, 5.74) is 1.45. The van der Waals surface area contributed by atoms with Gasteiger partial charge in [-0.1, -0.05) is 15.9 Å². The van der Waals surface area contributed by atoms with Crippen LogP contribution in [0, 0.1) is 0 Å². The van der Waals surface area contributed by atoms with Crippen LogP contribution in [0.3, 0.4) is 0 Å². The highest BCUT2D eigenvalue weighted by Crippen LogP contribution is 2.43. The van der Waals surface area contributed by atoms with Crippen LogP contribution in [-0.2, 0) is 12.6 Å². The number of amides is 2. The Balaban J connectivity index is 1.56. The van der Waals surface area contributed by atoms with Crippen LogP contribution >= 0.6 is 15.9 Å². The number of carbonyl (C=O) groups excluding carboxylic acids is 1. The Bertz CT molecular complexity index is 873. The van der Waals surface area contributed by atoms with Gasteiger partial charge in [-0.25, -0.2) is 14.8 Å². The molecule has 1 saturated heterocycles. The second kappa shape index (κ2) is 6.22. The number of carbonyl (C=O) groups is 1. The van der Waals surface area contributed by atoms with Crippen molar-refractivity contribution in [1.82, 2.24) is 14.9 Å². The Morgan fingerprint density at radius 3 is 2.85 bits per heavy atom. The minimum absolute atomic E-state index is 0.0419. The van der Waals surface area contributed by atoms with Gasteiger partial charge in [0.15, 0.2) is 0 Å². The molecule has 4 rings (SSSR count). The summed E-state index contributed by atoms with van der Waals surface area (Å²) in [6, 6.07) is 3.10. The predicted molar refractivity (Wildman–Crippen MR) is 91.5 cm³/mol. The Labute approximate surface area is 155 Å². The lowest BCUT2D eigenvalue weighted by Gasteiger charge is -2.35. The molecule has 1 N–H and O–H groups in total. The Morgan fingerprint density at radius 2 is 2.12 bits per heavy atom. The molecule has 26 heavy (non-hydrogen) atoms. The molecule has 0 aliphatic carbocycles. The Hall–Kier alpha value is -2.16. The zero-order valence-electron chi connectivity index (χ0n) is 13.4. The number of aromatic nitrogens is 2. The molecule has 0 unspecified atom stereocenters. The molecular weight excluding hydrogens is 413 g/mol. The summed E-state index contributed by atoms with van der Waals surface area (Å²) in [5, 5.41) is 2.71. The lowest BCUT2D eigenvalue weighted by molar-refractivity contribution is -0.138. The molecule has 2 amide bonds. The van der Waals surface area contributed by atoms with Gasteiger partial charge in [-0.05, 0) is 31.0 Å². The molecule has 1 fully saturated rings. The second-order valence-electron chi connectivity index (χ2n) is 6.41. The molecule has 5 nitrogen and oxygen atoms in total. The largest absolute Gasteiger partial charge is 0.417 e. The Morgan fingerprint density at radius 1 is 1.31 bits per heavy atom. The molecule has 2 aliphatic rings. The van der Waals surface area contributed by atoms with Crippen molar-refractivity contribution in [1.29, 1.82) is 0 Å². The normalized spacial score (nSPS) is 21.5. The van der Waals surface area contributed by atoms with E-state index in [4.69, 9.17) is 0 Å². The van der Waals surface area contributed by atoms with E-state index in [-0.39, 0.29) is 22.6 Å². The van der Waals surface area contributed by atoms with E-state index in [2.05, 4.69) is 31.2 Å². The fraction of sp³-hybridized carbons (Fsp3) is 0.353. The summed E-state index contributed by atoms with van der Waals surface area (Å²) >= 11 is 2.92. The lowest BCUT2D eigenvalue weighted by Crippen LogP contribution is -2.44. The molecule has 0 spiro atoms. The standard InChI is InChI=1S/C17H14BrF3N4O/c18-13-5-9(1-3-12(13)17(19,20)21)24-16(26)25-10-2-4-15(25)11-7-22-8-23-14(11)6-10/h1,3,5,7-8,10,15H,2,4,6H2,(H,24,26)/t10-,15+/m0/s1. The molecule has 136 valence electrons. The summed E-state index contributed by atoms with van der Waals surface area (Å²) in [6.45, 7) is 0. The monoisotopic (exact) mass is 426 g/mol. The number of rotatable bonds is 1. The third kappa shape index (κ3) is 2.94. The van der Waals surface area contributed by atoms with Gasteiger partial charge in [0.1, 0.15) is 6.33 Å². The number of halogens is 4. The molecule has 2 aromatic rings. The van der Waals surface area contributed by atoms with E-state index in [1.807, 2.05) is 0 Å². The average Bonchev–Trinajstić information content (AvgIpc) is 2.89. The van der Waals surface area contributed by atoms with Gasteiger partial charge >= 0.3 is 12.2 Å². The number of urea groups is 1. The quantitative estimate of drug-likeness (QED) is 0.727. The highest BCUT2D eigenvalue weighted by atomic mass is 79.9. The van der Waals surface area contributed by atoms with E-state index in [0.717, 1.165) is 30.2 Å². The molecule has 2 atom stereocenters. The number of alkyl halides is 3. The van der Waals surface area contributed by atoms with E-state index in [0.29, 0.717) is 12.1 Å². The summed E-state index contributed by atoms with van der Waals surface area (Å²) < 4.78 is 38.4. The third-order valence-corrected chi connectivity index (χ3v) is 5.53. The van der Waals surface area contributed by atoms with E-state index in [1.54, 1.807) is 11.1 Å². The smallest absolute Gasteiger partial charge is 0.314 e. The molecular formula is C17H14BrF3N4O. The van der Waals surface area contributed by atoms with Gasteiger partial charge < -0.3 is 10.2 Å². The molecule has 2 bridgehead atoms. The van der Waals surface area contributed by atoms with Crippen LogP contribution in [0.1, 0.15) is 35.7 Å². The number of anilines is 1. The van der Waals surface area contributed by atoms with Crippen molar-refractivity contribution >= 4 is 27.6 Å². The topological polar surface area (TPSA) is 58.1 Å². The van der Waals surface area contributed by atoms with Crippen molar-refractivity contribution < 1.29 is 18.0 Å². The number of nitrogens with one attached hydrogen (secondary N) is 1. The maximum Gasteiger partial charge on any atom is 0.417 e. The zero-order valence-corrected chi connectivity index (χ0v) is 15.0. The number of hydrogen-bond donors (Lipinski definition) is 1. The van der Waals surface area contributed by atoms with Crippen molar-refractivity contribution in [2.24, 2.45) is 0 Å². The van der Waals surface area contributed by atoms with Crippen molar-refractivity contribution in [3.8, 4) is 0 Å². The van der Waals surface area contributed by atoms with Crippen molar-refractivity contribution in [3.63, 3.8) is 0 Å². The minimum atomic E-state index is -4.45. The minimum Gasteiger partial charge on any atom is -0.314 e. The van der Waals surface area contributed by atoms with Crippen molar-refractivity contribution in [2.75, 3.05) is 5.32 Å². The fourth-order valence-corrected chi connectivity index (χ4v) is 4.35. The van der Waals surface area contributed by atoms with Gasteiger partial charge in [-0.2, -0.15) is 13.2 Å². The first kappa shape index (κ1) is 17.3. The summed E-state index contributed by atoms with van der Waals surface area (Å²) in [6.07, 6.45) is 1.16. The first-order valence-electron chi connectivity index (χ1n) is 8.09. The van der Waals surface area contributed by atoms with Gasteiger partial charge in [-0.15, -0.1) is 0 Å². The molecule has 9 heteroatoms. The summed E-state index contributed by atoms with van der Waals surface area (Å²) in [5.74, 6) is 0. The molecule has 1 aromatic carbocycles. The van der Waals surface area contributed by atoms with Crippen LogP contribution in [-0.4, -0.2) is 26.9 Å². The third-order valence-electron chi connectivity index (χ3n) is 4.88. The van der Waals surface area contributed by atoms with Crippen molar-refractivity contribution in [2.45, 2.75) is 37.5 Å². The van der Waals surface area contributed by atoms with Gasteiger partial charge in [0.05, 0.1) is 17.3 Å².